The fourth-order valence-electron chi connectivity index (χ4n) is 3.71. The molecule has 2 fully saturated rings. The lowest BCUT2D eigenvalue weighted by molar-refractivity contribution is -0.144. The van der Waals surface area contributed by atoms with Crippen molar-refractivity contribution in [1.29, 1.82) is 0 Å². The quantitative estimate of drug-likeness (QED) is 0.745. The van der Waals surface area contributed by atoms with Crippen LogP contribution in [0.1, 0.15) is 39.5 Å². The Kier molecular flexibility index (Phi) is 6.25. The number of carbonyl (C=O) groups is 2. The Balaban J connectivity index is 1.89. The molecule has 8 heteroatoms. The number of hydrogen-bond donors (Lipinski definition) is 1. The number of hydrogen-bond acceptors (Lipinski definition) is 4. The van der Waals surface area contributed by atoms with Gasteiger partial charge in [-0.2, -0.15) is 0 Å². The van der Waals surface area contributed by atoms with Gasteiger partial charge in [0, 0.05) is 45.1 Å². The van der Waals surface area contributed by atoms with Crippen LogP contribution in [0.3, 0.4) is 0 Å². The van der Waals surface area contributed by atoms with E-state index >= 15 is 0 Å². The second kappa shape index (κ2) is 7.82. The van der Waals surface area contributed by atoms with Crippen LogP contribution in [-0.4, -0.2) is 68.5 Å². The van der Waals surface area contributed by atoms with Crippen molar-refractivity contribution in [3.05, 3.63) is 0 Å². The minimum Gasteiger partial charge on any atom is -0.342 e. The molecule has 2 aliphatic rings. The number of nitrogens with zero attached hydrogens (tertiary/aromatic N) is 2. The third-order valence-electron chi connectivity index (χ3n) is 4.76. The number of sulfonamides is 1. The molecule has 2 heterocycles. The summed E-state index contributed by atoms with van der Waals surface area (Å²) in [5.41, 5.74) is 0. The standard InChI is InChI=1S/C16H29N3O4S/c1-12(2)10-19-14-7-9-18(11-13(14)4-5-16(19)21)15(20)6-8-17-24(3,22)23/h12-14,17H,4-11H2,1-3H3/t13-,14+/m0/s1. The Bertz CT molecular complexity index is 576. The molecule has 1 N–H and O–H groups in total. The molecule has 7 nitrogen and oxygen atoms in total. The van der Waals surface area contributed by atoms with E-state index < -0.39 is 10.0 Å². The van der Waals surface area contributed by atoms with E-state index in [4.69, 9.17) is 0 Å². The van der Waals surface area contributed by atoms with Gasteiger partial charge in [0.1, 0.15) is 0 Å². The van der Waals surface area contributed by atoms with E-state index in [9.17, 15) is 18.0 Å². The predicted octanol–water partition coefficient (Wildman–Crippen LogP) is 0.421. The zero-order valence-corrected chi connectivity index (χ0v) is 15.6. The average Bonchev–Trinajstić information content (AvgIpc) is 2.48. The number of rotatable bonds is 6. The van der Waals surface area contributed by atoms with Crippen LogP contribution in [0.15, 0.2) is 0 Å². The van der Waals surface area contributed by atoms with Crippen molar-refractivity contribution in [3.8, 4) is 0 Å². The highest BCUT2D eigenvalue weighted by Gasteiger charge is 2.40. The fraction of sp³-hybridized carbons (Fsp3) is 0.875. The molecule has 0 spiro atoms. The van der Waals surface area contributed by atoms with Gasteiger partial charge in [0.2, 0.25) is 21.8 Å². The molecule has 0 aromatic rings. The van der Waals surface area contributed by atoms with Crippen LogP contribution in [0, 0.1) is 11.8 Å². The number of likely N-dealkylation sites (tertiary alicyclic amines) is 2. The first-order valence-electron chi connectivity index (χ1n) is 8.69. The third kappa shape index (κ3) is 5.17. The minimum absolute atomic E-state index is 0.0168. The normalized spacial score (nSPS) is 25.1. The molecule has 0 aromatic carbocycles. The summed E-state index contributed by atoms with van der Waals surface area (Å²) < 4.78 is 24.5. The lowest BCUT2D eigenvalue weighted by Crippen LogP contribution is -2.57. The highest BCUT2D eigenvalue weighted by atomic mass is 32.2. The van der Waals surface area contributed by atoms with Gasteiger partial charge in [0.25, 0.3) is 0 Å². The Morgan fingerprint density at radius 1 is 1.33 bits per heavy atom. The summed E-state index contributed by atoms with van der Waals surface area (Å²) in [7, 11) is -3.26. The maximum absolute atomic E-state index is 12.3. The van der Waals surface area contributed by atoms with Crippen molar-refractivity contribution in [3.63, 3.8) is 0 Å². The summed E-state index contributed by atoms with van der Waals surface area (Å²) in [6, 6.07) is 0.242. The van der Waals surface area contributed by atoms with E-state index in [1.165, 1.54) is 0 Å². The van der Waals surface area contributed by atoms with E-state index in [1.807, 2.05) is 9.80 Å². The molecular weight excluding hydrogens is 330 g/mol. The maximum Gasteiger partial charge on any atom is 0.223 e. The van der Waals surface area contributed by atoms with Crippen molar-refractivity contribution in [2.45, 2.75) is 45.6 Å². The second-order valence-corrected chi connectivity index (χ2v) is 9.18. The first-order chi connectivity index (χ1) is 11.2. The Labute approximate surface area is 144 Å². The van der Waals surface area contributed by atoms with E-state index in [1.54, 1.807) is 0 Å². The van der Waals surface area contributed by atoms with Crippen LogP contribution in [-0.2, 0) is 19.6 Å². The number of fused-ring (bicyclic) bond motifs is 1. The molecule has 0 radical (unpaired) electrons. The molecular formula is C16H29N3O4S. The fourth-order valence-corrected chi connectivity index (χ4v) is 4.18. The first-order valence-corrected chi connectivity index (χ1v) is 10.6. The maximum atomic E-state index is 12.3. The molecule has 0 saturated carbocycles. The number of nitrogens with one attached hydrogen (secondary N) is 1. The van der Waals surface area contributed by atoms with E-state index in [2.05, 4.69) is 18.6 Å². The summed E-state index contributed by atoms with van der Waals surface area (Å²) in [5, 5.41) is 0. The van der Waals surface area contributed by atoms with Crippen LogP contribution in [0.2, 0.25) is 0 Å². The van der Waals surface area contributed by atoms with Gasteiger partial charge in [-0.3, -0.25) is 9.59 Å². The molecule has 2 rings (SSSR count). The van der Waals surface area contributed by atoms with E-state index in [-0.39, 0.29) is 30.8 Å². The Morgan fingerprint density at radius 3 is 2.67 bits per heavy atom. The number of carbonyl (C=O) groups excluding carboxylic acids is 2. The van der Waals surface area contributed by atoms with Crippen molar-refractivity contribution in [1.82, 2.24) is 14.5 Å². The number of piperidine rings is 2. The molecule has 2 amide bonds. The summed E-state index contributed by atoms with van der Waals surface area (Å²) >= 11 is 0. The number of amides is 2. The summed E-state index contributed by atoms with van der Waals surface area (Å²) in [4.78, 5) is 28.4. The minimum atomic E-state index is -3.26. The third-order valence-corrected chi connectivity index (χ3v) is 5.49. The van der Waals surface area contributed by atoms with Gasteiger partial charge >= 0.3 is 0 Å². The molecule has 2 aliphatic heterocycles. The van der Waals surface area contributed by atoms with Crippen LogP contribution in [0.4, 0.5) is 0 Å². The van der Waals surface area contributed by atoms with Gasteiger partial charge in [-0.1, -0.05) is 13.8 Å². The molecule has 0 aliphatic carbocycles. The molecule has 2 atom stereocenters. The smallest absolute Gasteiger partial charge is 0.223 e. The Morgan fingerprint density at radius 2 is 2.04 bits per heavy atom. The topological polar surface area (TPSA) is 86.8 Å². The van der Waals surface area contributed by atoms with E-state index in [0.29, 0.717) is 31.3 Å². The zero-order valence-electron chi connectivity index (χ0n) is 14.8. The summed E-state index contributed by atoms with van der Waals surface area (Å²) in [6.45, 7) is 6.46. The predicted molar refractivity (Wildman–Crippen MR) is 91.7 cm³/mol. The molecule has 138 valence electrons. The lowest BCUT2D eigenvalue weighted by Gasteiger charge is -2.47. The molecule has 0 bridgehead atoms. The van der Waals surface area contributed by atoms with Crippen molar-refractivity contribution < 1.29 is 18.0 Å². The second-order valence-electron chi connectivity index (χ2n) is 7.35. The largest absolute Gasteiger partial charge is 0.342 e. The highest BCUT2D eigenvalue weighted by Crippen LogP contribution is 2.32. The van der Waals surface area contributed by atoms with E-state index in [0.717, 1.165) is 25.6 Å². The van der Waals surface area contributed by atoms with Gasteiger partial charge in [-0.05, 0) is 24.7 Å². The van der Waals surface area contributed by atoms with Crippen LogP contribution < -0.4 is 4.72 Å². The van der Waals surface area contributed by atoms with Crippen molar-refractivity contribution in [2.75, 3.05) is 32.4 Å². The van der Waals surface area contributed by atoms with Crippen molar-refractivity contribution in [2.24, 2.45) is 11.8 Å². The summed E-state index contributed by atoms with van der Waals surface area (Å²) in [6.07, 6.45) is 3.48. The SMILES string of the molecule is CC(C)CN1C(=O)CC[C@H]2CN(C(=O)CCNS(C)(=O)=O)CC[C@H]21. The van der Waals surface area contributed by atoms with Gasteiger partial charge < -0.3 is 9.80 Å². The lowest BCUT2D eigenvalue weighted by atomic mass is 9.83. The average molecular weight is 359 g/mol. The van der Waals surface area contributed by atoms with Crippen LogP contribution in [0.25, 0.3) is 0 Å². The molecule has 24 heavy (non-hydrogen) atoms. The monoisotopic (exact) mass is 359 g/mol. The van der Waals surface area contributed by atoms with Gasteiger partial charge in [-0.25, -0.2) is 13.1 Å². The van der Waals surface area contributed by atoms with Gasteiger partial charge in [0.15, 0.2) is 0 Å². The van der Waals surface area contributed by atoms with Crippen molar-refractivity contribution >= 4 is 21.8 Å². The highest BCUT2D eigenvalue weighted by molar-refractivity contribution is 7.88. The van der Waals surface area contributed by atoms with Crippen LogP contribution >= 0.6 is 0 Å². The molecule has 0 unspecified atom stereocenters. The van der Waals surface area contributed by atoms with Crippen LogP contribution in [0.5, 0.6) is 0 Å². The first kappa shape index (κ1) is 19.2. The van der Waals surface area contributed by atoms with Gasteiger partial charge in [0.05, 0.1) is 6.26 Å². The molecule has 2 saturated heterocycles. The molecule has 0 aromatic heterocycles. The Hall–Kier alpha value is -1.15. The van der Waals surface area contributed by atoms with Gasteiger partial charge in [-0.15, -0.1) is 0 Å². The summed E-state index contributed by atoms with van der Waals surface area (Å²) in [5.74, 6) is 0.996. The zero-order chi connectivity index (χ0) is 17.9.